The molecule has 0 spiro atoms. The predicted molar refractivity (Wildman–Crippen MR) is 87.8 cm³/mol. The van der Waals surface area contributed by atoms with Gasteiger partial charge in [0.05, 0.1) is 0 Å². The van der Waals surface area contributed by atoms with Crippen molar-refractivity contribution in [3.63, 3.8) is 0 Å². The zero-order valence-electron chi connectivity index (χ0n) is 14.1. The van der Waals surface area contributed by atoms with Crippen LogP contribution in [0.15, 0.2) is 24.3 Å². The van der Waals surface area contributed by atoms with Crippen molar-refractivity contribution in [1.82, 2.24) is 10.2 Å². The van der Waals surface area contributed by atoms with E-state index in [2.05, 4.69) is 10.6 Å². The average molecular weight is 335 g/mol. The van der Waals surface area contributed by atoms with Crippen LogP contribution in [0.1, 0.15) is 33.6 Å². The Balaban J connectivity index is 1.98. The number of anilines is 1. The molecule has 1 aromatic carbocycles. The summed E-state index contributed by atoms with van der Waals surface area (Å²) in [6.07, 6.45) is 1.31. The summed E-state index contributed by atoms with van der Waals surface area (Å²) in [7, 11) is 0. The van der Waals surface area contributed by atoms with E-state index in [9.17, 15) is 18.8 Å². The molecule has 1 fully saturated rings. The van der Waals surface area contributed by atoms with E-state index in [-0.39, 0.29) is 6.54 Å². The van der Waals surface area contributed by atoms with Gasteiger partial charge in [0, 0.05) is 5.69 Å². The first-order chi connectivity index (χ1) is 11.2. The molecule has 0 aliphatic carbocycles. The van der Waals surface area contributed by atoms with Crippen LogP contribution in [0.5, 0.6) is 0 Å². The van der Waals surface area contributed by atoms with Gasteiger partial charge in [0.15, 0.2) is 0 Å². The van der Waals surface area contributed by atoms with Gasteiger partial charge in [0.25, 0.3) is 5.91 Å². The molecule has 7 heteroatoms. The van der Waals surface area contributed by atoms with Gasteiger partial charge in [-0.1, -0.05) is 13.8 Å². The van der Waals surface area contributed by atoms with Crippen LogP contribution in [0.3, 0.4) is 0 Å². The molecule has 2 rings (SSSR count). The lowest BCUT2D eigenvalue weighted by Crippen LogP contribution is -2.44. The van der Waals surface area contributed by atoms with Crippen molar-refractivity contribution >= 4 is 23.5 Å². The normalized spacial score (nSPS) is 20.5. The summed E-state index contributed by atoms with van der Waals surface area (Å²) in [6, 6.07) is 4.68. The summed E-state index contributed by atoms with van der Waals surface area (Å²) in [5.74, 6) is -0.925. The Labute approximate surface area is 140 Å². The van der Waals surface area contributed by atoms with E-state index >= 15 is 0 Å². The minimum Gasteiger partial charge on any atom is -0.325 e. The molecular weight excluding hydrogens is 313 g/mol. The highest BCUT2D eigenvalue weighted by atomic mass is 19.1. The zero-order chi connectivity index (χ0) is 17.9. The summed E-state index contributed by atoms with van der Waals surface area (Å²) in [5, 5.41) is 5.21. The molecule has 1 heterocycles. The second kappa shape index (κ2) is 6.98. The van der Waals surface area contributed by atoms with Crippen molar-refractivity contribution in [2.24, 2.45) is 5.92 Å². The van der Waals surface area contributed by atoms with Crippen molar-refractivity contribution in [2.75, 3.05) is 11.9 Å². The Kier molecular flexibility index (Phi) is 5.21. The first-order valence-corrected chi connectivity index (χ1v) is 7.91. The van der Waals surface area contributed by atoms with Crippen molar-refractivity contribution in [3.05, 3.63) is 30.1 Å². The number of carbonyl (C=O) groups is 3. The fraction of sp³-hybridized carbons (Fsp3) is 0.471. The van der Waals surface area contributed by atoms with Gasteiger partial charge in [-0.15, -0.1) is 0 Å². The number of carbonyl (C=O) groups excluding carboxylic acids is 3. The zero-order valence-corrected chi connectivity index (χ0v) is 14.1. The molecular formula is C17H22FN3O3. The summed E-state index contributed by atoms with van der Waals surface area (Å²) in [4.78, 5) is 37.5. The molecule has 0 radical (unpaired) electrons. The van der Waals surface area contributed by atoms with Crippen LogP contribution in [-0.2, 0) is 9.59 Å². The summed E-state index contributed by atoms with van der Waals surface area (Å²) < 4.78 is 12.9. The van der Waals surface area contributed by atoms with Crippen LogP contribution >= 0.6 is 0 Å². The highest BCUT2D eigenvalue weighted by Crippen LogP contribution is 2.24. The van der Waals surface area contributed by atoms with E-state index < -0.39 is 29.2 Å². The molecule has 0 saturated carbocycles. The maximum Gasteiger partial charge on any atom is 0.325 e. The maximum absolute atomic E-state index is 12.9. The molecule has 0 aromatic heterocycles. The van der Waals surface area contributed by atoms with Crippen molar-refractivity contribution in [2.45, 2.75) is 39.2 Å². The second-order valence-corrected chi connectivity index (χ2v) is 6.64. The minimum absolute atomic E-state index is 0.376. The Morgan fingerprint density at radius 3 is 2.50 bits per heavy atom. The molecule has 1 aliphatic heterocycles. The molecule has 130 valence electrons. The number of hydrogen-bond acceptors (Lipinski definition) is 3. The van der Waals surface area contributed by atoms with Gasteiger partial charge in [0.2, 0.25) is 5.91 Å². The summed E-state index contributed by atoms with van der Waals surface area (Å²) in [5.41, 5.74) is -0.576. The number of nitrogens with one attached hydrogen (secondary N) is 2. The molecule has 1 atom stereocenters. The van der Waals surface area contributed by atoms with Crippen molar-refractivity contribution < 1.29 is 18.8 Å². The number of nitrogens with zero attached hydrogens (tertiary/aromatic N) is 1. The lowest BCUT2D eigenvalue weighted by Gasteiger charge is -2.22. The van der Waals surface area contributed by atoms with Crippen LogP contribution in [0.25, 0.3) is 0 Å². The number of benzene rings is 1. The second-order valence-electron chi connectivity index (χ2n) is 6.64. The van der Waals surface area contributed by atoms with Crippen LogP contribution in [0.2, 0.25) is 0 Å². The largest absolute Gasteiger partial charge is 0.325 e. The third-order valence-corrected chi connectivity index (χ3v) is 4.00. The lowest BCUT2D eigenvalue weighted by molar-refractivity contribution is -0.133. The third kappa shape index (κ3) is 4.10. The molecule has 4 amide bonds. The van der Waals surface area contributed by atoms with Crippen LogP contribution in [-0.4, -0.2) is 34.8 Å². The first-order valence-electron chi connectivity index (χ1n) is 7.91. The SMILES string of the molecule is CC(C)CC[C@@]1(C)NC(=O)N(CC(=O)Nc2ccc(F)cc2)C1=O. The molecule has 1 aromatic rings. The number of urea groups is 1. The Morgan fingerprint density at radius 1 is 1.29 bits per heavy atom. The van der Waals surface area contributed by atoms with E-state index in [4.69, 9.17) is 0 Å². The monoisotopic (exact) mass is 335 g/mol. The van der Waals surface area contributed by atoms with E-state index in [0.717, 1.165) is 11.3 Å². The number of rotatable bonds is 6. The molecule has 1 saturated heterocycles. The standard InChI is InChI=1S/C17H22FN3O3/c1-11(2)8-9-17(3)15(23)21(16(24)20-17)10-14(22)19-13-6-4-12(18)5-7-13/h4-7,11H,8-10H2,1-3H3,(H,19,22)(H,20,24)/t17-/m1/s1. The fourth-order valence-corrected chi connectivity index (χ4v) is 2.51. The maximum atomic E-state index is 12.9. The van der Waals surface area contributed by atoms with Gasteiger partial charge >= 0.3 is 6.03 Å². The average Bonchev–Trinajstić information content (AvgIpc) is 2.72. The molecule has 1 aliphatic rings. The molecule has 6 nitrogen and oxygen atoms in total. The van der Waals surface area contributed by atoms with Crippen molar-refractivity contribution in [1.29, 1.82) is 0 Å². The van der Waals surface area contributed by atoms with E-state index in [1.54, 1.807) is 6.92 Å². The summed E-state index contributed by atoms with van der Waals surface area (Å²) in [6.45, 7) is 5.38. The minimum atomic E-state index is -0.975. The van der Waals surface area contributed by atoms with Crippen LogP contribution in [0, 0.1) is 11.7 Å². The number of imide groups is 1. The molecule has 0 unspecified atom stereocenters. The first kappa shape index (κ1) is 17.9. The number of amides is 4. The molecule has 24 heavy (non-hydrogen) atoms. The Bertz CT molecular complexity index is 645. The highest BCUT2D eigenvalue weighted by Gasteiger charge is 2.47. The van der Waals surface area contributed by atoms with Crippen LogP contribution in [0.4, 0.5) is 14.9 Å². The topological polar surface area (TPSA) is 78.5 Å². The van der Waals surface area contributed by atoms with Gasteiger partial charge in [-0.3, -0.25) is 14.5 Å². The van der Waals surface area contributed by atoms with Crippen LogP contribution < -0.4 is 10.6 Å². The van der Waals surface area contributed by atoms with Gasteiger partial charge < -0.3 is 10.6 Å². The van der Waals surface area contributed by atoms with E-state index in [0.29, 0.717) is 18.0 Å². The highest BCUT2D eigenvalue weighted by molar-refractivity contribution is 6.09. The predicted octanol–water partition coefficient (Wildman–Crippen LogP) is 2.51. The van der Waals surface area contributed by atoms with Gasteiger partial charge in [-0.25, -0.2) is 9.18 Å². The van der Waals surface area contributed by atoms with Gasteiger partial charge in [-0.05, 0) is 49.9 Å². The van der Waals surface area contributed by atoms with Gasteiger partial charge in [-0.2, -0.15) is 0 Å². The molecule has 2 N–H and O–H groups in total. The van der Waals surface area contributed by atoms with Gasteiger partial charge in [0.1, 0.15) is 17.9 Å². The smallest absolute Gasteiger partial charge is 0.325 e. The number of hydrogen-bond donors (Lipinski definition) is 2. The lowest BCUT2D eigenvalue weighted by atomic mass is 9.92. The van der Waals surface area contributed by atoms with E-state index in [1.807, 2.05) is 13.8 Å². The van der Waals surface area contributed by atoms with Crippen molar-refractivity contribution in [3.8, 4) is 0 Å². The number of halogens is 1. The molecule has 0 bridgehead atoms. The summed E-state index contributed by atoms with van der Waals surface area (Å²) >= 11 is 0. The Morgan fingerprint density at radius 2 is 1.92 bits per heavy atom. The Hall–Kier alpha value is -2.44. The quantitative estimate of drug-likeness (QED) is 0.784. The van der Waals surface area contributed by atoms with E-state index in [1.165, 1.54) is 24.3 Å². The fourth-order valence-electron chi connectivity index (χ4n) is 2.51. The third-order valence-electron chi connectivity index (χ3n) is 4.00.